The molecule has 3 N–H and O–H groups in total. The minimum atomic E-state index is -4.37. The molecule has 10 heteroatoms. The van der Waals surface area contributed by atoms with Crippen molar-refractivity contribution in [1.82, 2.24) is 0 Å². The lowest BCUT2D eigenvalue weighted by atomic mass is 10.0. The van der Waals surface area contributed by atoms with E-state index in [-0.39, 0.29) is 38.6 Å². The number of carbonyl (C=O) groups is 2. The van der Waals surface area contributed by atoms with Crippen molar-refractivity contribution < 1.29 is 37.6 Å². The number of nitrogens with two attached hydrogens (primary N) is 1. The zero-order valence-corrected chi connectivity index (χ0v) is 40.8. The first-order valence-corrected chi connectivity index (χ1v) is 27.3. The van der Waals surface area contributed by atoms with E-state index in [1.807, 2.05) is 0 Å². The summed E-state index contributed by atoms with van der Waals surface area (Å²) in [6.07, 6.45) is 53.9. The molecule has 2 unspecified atom stereocenters. The first-order valence-electron chi connectivity index (χ1n) is 25.8. The van der Waals surface area contributed by atoms with Crippen LogP contribution in [0.1, 0.15) is 258 Å². The molecule has 0 aromatic heterocycles. The second kappa shape index (κ2) is 48.0. The van der Waals surface area contributed by atoms with Crippen molar-refractivity contribution in [3.05, 3.63) is 24.3 Å². The van der Waals surface area contributed by atoms with Crippen LogP contribution in [-0.2, 0) is 32.7 Å². The minimum absolute atomic E-state index is 0.0562. The highest BCUT2D eigenvalue weighted by molar-refractivity contribution is 7.47. The summed E-state index contributed by atoms with van der Waals surface area (Å²) >= 11 is 0. The molecule has 0 saturated heterocycles. The van der Waals surface area contributed by atoms with Crippen molar-refractivity contribution in [2.75, 3.05) is 26.4 Å². The van der Waals surface area contributed by atoms with E-state index in [2.05, 4.69) is 38.2 Å². The number of phosphoric ester groups is 1. The van der Waals surface area contributed by atoms with Crippen molar-refractivity contribution in [2.24, 2.45) is 5.73 Å². The maximum Gasteiger partial charge on any atom is 0.472 e. The standard InChI is InChI=1S/C51H98NO8P/c1-3-5-7-9-11-13-14-15-16-17-18-19-20-21-22-23-24-25-26-27-28-29-30-31-32-33-34-36-38-40-42-44-51(54)60-49(48-59-61(55,56)58-46-45-52)47-57-50(53)43-41-39-37-35-12-10-8-6-4-2/h14-15,17-18,49H,3-13,16,19-48,52H2,1-2H3,(H,55,56)/b15-14-,18-17-. The van der Waals surface area contributed by atoms with Gasteiger partial charge in [0.15, 0.2) is 6.10 Å². The van der Waals surface area contributed by atoms with Gasteiger partial charge in [-0.1, -0.05) is 224 Å². The van der Waals surface area contributed by atoms with E-state index in [0.717, 1.165) is 38.5 Å². The Labute approximate surface area is 376 Å². The third-order valence-corrected chi connectivity index (χ3v) is 12.3. The number of carbonyl (C=O) groups excluding carboxylic acids is 2. The van der Waals surface area contributed by atoms with Gasteiger partial charge in [-0.15, -0.1) is 0 Å². The van der Waals surface area contributed by atoms with Crippen LogP contribution in [0, 0.1) is 0 Å². The van der Waals surface area contributed by atoms with Gasteiger partial charge in [0.1, 0.15) is 6.61 Å². The first kappa shape index (κ1) is 59.5. The van der Waals surface area contributed by atoms with Crippen LogP contribution in [0.25, 0.3) is 0 Å². The maximum absolute atomic E-state index is 12.6. The molecule has 9 nitrogen and oxygen atoms in total. The van der Waals surface area contributed by atoms with Crippen molar-refractivity contribution in [1.29, 1.82) is 0 Å². The summed E-state index contributed by atoms with van der Waals surface area (Å²) in [6.45, 7) is 3.73. The molecule has 61 heavy (non-hydrogen) atoms. The summed E-state index contributed by atoms with van der Waals surface area (Å²) < 4.78 is 32.8. The Hall–Kier alpha value is -1.51. The molecule has 0 heterocycles. The second-order valence-corrected chi connectivity index (χ2v) is 18.9. The fourth-order valence-electron chi connectivity index (χ4n) is 7.49. The van der Waals surface area contributed by atoms with Crippen LogP contribution in [0.4, 0.5) is 0 Å². The Morgan fingerprint density at radius 2 is 0.852 bits per heavy atom. The van der Waals surface area contributed by atoms with Crippen molar-refractivity contribution in [3.8, 4) is 0 Å². The van der Waals surface area contributed by atoms with Crippen LogP contribution >= 0.6 is 7.82 Å². The molecule has 0 fully saturated rings. The van der Waals surface area contributed by atoms with Crippen LogP contribution in [-0.4, -0.2) is 49.3 Å². The van der Waals surface area contributed by atoms with E-state index in [1.165, 1.54) is 186 Å². The zero-order chi connectivity index (χ0) is 44.6. The topological polar surface area (TPSA) is 134 Å². The summed E-state index contributed by atoms with van der Waals surface area (Å²) in [5.41, 5.74) is 5.35. The second-order valence-electron chi connectivity index (χ2n) is 17.4. The molecule has 0 bridgehead atoms. The van der Waals surface area contributed by atoms with Gasteiger partial charge >= 0.3 is 19.8 Å². The molecule has 360 valence electrons. The molecule has 0 saturated carbocycles. The smallest absolute Gasteiger partial charge is 0.462 e. The van der Waals surface area contributed by atoms with Crippen LogP contribution < -0.4 is 5.73 Å². The number of unbranched alkanes of at least 4 members (excludes halogenated alkanes) is 32. The highest BCUT2D eigenvalue weighted by Crippen LogP contribution is 2.43. The highest BCUT2D eigenvalue weighted by Gasteiger charge is 2.26. The average molecular weight is 884 g/mol. The van der Waals surface area contributed by atoms with E-state index in [9.17, 15) is 19.0 Å². The first-order chi connectivity index (χ1) is 29.8. The minimum Gasteiger partial charge on any atom is -0.462 e. The van der Waals surface area contributed by atoms with Crippen LogP contribution in [0.5, 0.6) is 0 Å². The number of rotatable bonds is 49. The Bertz CT molecular complexity index is 1050. The predicted molar refractivity (Wildman–Crippen MR) is 257 cm³/mol. The largest absolute Gasteiger partial charge is 0.472 e. The Balaban J connectivity index is 3.81. The molecule has 0 aliphatic rings. The number of esters is 2. The molecule has 0 spiro atoms. The zero-order valence-electron chi connectivity index (χ0n) is 39.9. The van der Waals surface area contributed by atoms with Crippen LogP contribution in [0.2, 0.25) is 0 Å². The van der Waals surface area contributed by atoms with Gasteiger partial charge in [-0.2, -0.15) is 0 Å². The van der Waals surface area contributed by atoms with Gasteiger partial charge in [0.05, 0.1) is 13.2 Å². The van der Waals surface area contributed by atoms with E-state index in [0.29, 0.717) is 6.42 Å². The third kappa shape index (κ3) is 47.8. The maximum atomic E-state index is 12.6. The van der Waals surface area contributed by atoms with E-state index in [4.69, 9.17) is 24.3 Å². The molecule has 0 rings (SSSR count). The Kier molecular flexibility index (Phi) is 46.8. The van der Waals surface area contributed by atoms with Gasteiger partial charge in [0.25, 0.3) is 0 Å². The van der Waals surface area contributed by atoms with E-state index >= 15 is 0 Å². The molecule has 0 aromatic carbocycles. The lowest BCUT2D eigenvalue weighted by molar-refractivity contribution is -0.161. The summed E-state index contributed by atoms with van der Waals surface area (Å²) in [7, 11) is -4.37. The quantitative estimate of drug-likeness (QED) is 0.0265. The molecule has 0 amide bonds. The van der Waals surface area contributed by atoms with Gasteiger partial charge < -0.3 is 20.1 Å². The van der Waals surface area contributed by atoms with Gasteiger partial charge in [0.2, 0.25) is 0 Å². The number of hydrogen-bond acceptors (Lipinski definition) is 8. The molecule has 0 aliphatic carbocycles. The molecular weight excluding hydrogens is 786 g/mol. The van der Waals surface area contributed by atoms with Gasteiger partial charge in [-0.3, -0.25) is 18.6 Å². The molecule has 0 aromatic rings. The summed E-state index contributed by atoms with van der Waals surface area (Å²) in [6, 6.07) is 0. The fourth-order valence-corrected chi connectivity index (χ4v) is 8.26. The average Bonchev–Trinajstić information content (AvgIpc) is 3.25. The molecule has 0 radical (unpaired) electrons. The summed E-state index contributed by atoms with van der Waals surface area (Å²) in [4.78, 5) is 34.8. The van der Waals surface area contributed by atoms with Crippen molar-refractivity contribution in [2.45, 2.75) is 264 Å². The monoisotopic (exact) mass is 884 g/mol. The Morgan fingerprint density at radius 1 is 0.492 bits per heavy atom. The highest BCUT2D eigenvalue weighted by atomic mass is 31.2. The normalized spacial score (nSPS) is 13.3. The Morgan fingerprint density at radius 3 is 1.25 bits per heavy atom. The lowest BCUT2D eigenvalue weighted by Gasteiger charge is -2.19. The molecule has 2 atom stereocenters. The SMILES string of the molecule is CCCCCCC/C=C\C/C=C\CCCCCCCCCCCCCCCCCCCCCC(=O)OC(COC(=O)CCCCCCCCCCC)COP(=O)(O)OCCN. The summed E-state index contributed by atoms with van der Waals surface area (Å²) in [5, 5.41) is 0. The number of ether oxygens (including phenoxy) is 2. The van der Waals surface area contributed by atoms with Crippen molar-refractivity contribution in [3.63, 3.8) is 0 Å². The van der Waals surface area contributed by atoms with Gasteiger partial charge in [-0.25, -0.2) is 4.57 Å². The van der Waals surface area contributed by atoms with Crippen LogP contribution in [0.15, 0.2) is 24.3 Å². The summed E-state index contributed by atoms with van der Waals surface area (Å²) in [5.74, 6) is -0.819. The van der Waals surface area contributed by atoms with Crippen LogP contribution in [0.3, 0.4) is 0 Å². The number of hydrogen-bond donors (Lipinski definition) is 2. The van der Waals surface area contributed by atoms with E-state index in [1.54, 1.807) is 0 Å². The number of allylic oxidation sites excluding steroid dienone is 4. The third-order valence-electron chi connectivity index (χ3n) is 11.3. The predicted octanol–water partition coefficient (Wildman–Crippen LogP) is 15.5. The lowest BCUT2D eigenvalue weighted by Crippen LogP contribution is -2.29. The van der Waals surface area contributed by atoms with Gasteiger partial charge in [0, 0.05) is 19.4 Å². The molecule has 0 aliphatic heterocycles. The molecular formula is C51H98NO8P. The number of phosphoric acid groups is 1. The van der Waals surface area contributed by atoms with Crippen molar-refractivity contribution >= 4 is 19.8 Å². The fraction of sp³-hybridized carbons (Fsp3) is 0.882. The van der Waals surface area contributed by atoms with E-state index < -0.39 is 26.5 Å². The van der Waals surface area contributed by atoms with Gasteiger partial charge in [-0.05, 0) is 44.9 Å².